The minimum atomic E-state index is -1.49. The van der Waals surface area contributed by atoms with Gasteiger partial charge in [-0.2, -0.15) is 0 Å². The van der Waals surface area contributed by atoms with Crippen LogP contribution >= 0.6 is 0 Å². The Kier molecular flexibility index (Phi) is 4.79. The van der Waals surface area contributed by atoms with Crippen LogP contribution in [0.2, 0.25) is 0 Å². The first kappa shape index (κ1) is 15.0. The third kappa shape index (κ3) is 3.20. The van der Waals surface area contributed by atoms with Crippen molar-refractivity contribution in [1.82, 2.24) is 0 Å². The van der Waals surface area contributed by atoms with Gasteiger partial charge in [-0.25, -0.2) is 0 Å². The van der Waals surface area contributed by atoms with E-state index >= 15 is 0 Å². The van der Waals surface area contributed by atoms with Crippen LogP contribution in [0.3, 0.4) is 0 Å². The Bertz CT molecular complexity index is 421. The van der Waals surface area contributed by atoms with E-state index in [9.17, 15) is 15.3 Å². The lowest BCUT2D eigenvalue weighted by atomic mass is 9.97. The van der Waals surface area contributed by atoms with E-state index in [4.69, 9.17) is 19.7 Å². The highest BCUT2D eigenvalue weighted by molar-refractivity contribution is 5.30. The predicted molar refractivity (Wildman–Crippen MR) is 67.1 cm³/mol. The minimum absolute atomic E-state index is 0.0610. The maximum atomic E-state index is 9.93. The van der Waals surface area contributed by atoms with Crippen LogP contribution in [0.1, 0.15) is 0 Å². The first-order chi connectivity index (χ1) is 9.52. The van der Waals surface area contributed by atoms with Gasteiger partial charge in [-0.1, -0.05) is 0 Å². The van der Waals surface area contributed by atoms with Crippen molar-refractivity contribution in [3.63, 3.8) is 0 Å². The molecular formula is C13H18O7. The molecule has 5 N–H and O–H groups in total. The van der Waals surface area contributed by atoms with Gasteiger partial charge >= 0.3 is 0 Å². The number of aromatic hydroxyl groups is 1. The van der Waals surface area contributed by atoms with Crippen molar-refractivity contribution in [3.8, 4) is 11.5 Å². The molecule has 0 radical (unpaired) electrons. The van der Waals surface area contributed by atoms with Crippen molar-refractivity contribution in [1.29, 1.82) is 0 Å². The van der Waals surface area contributed by atoms with Crippen LogP contribution < -0.4 is 4.74 Å². The van der Waals surface area contributed by atoms with E-state index in [-0.39, 0.29) is 19.0 Å². The lowest BCUT2D eigenvalue weighted by Gasteiger charge is -2.26. The van der Waals surface area contributed by atoms with Crippen molar-refractivity contribution in [2.24, 2.45) is 5.92 Å². The second kappa shape index (κ2) is 6.38. The molecule has 5 unspecified atom stereocenters. The molecule has 1 fully saturated rings. The average Bonchev–Trinajstić information content (AvgIpc) is 2.55. The van der Waals surface area contributed by atoms with Crippen LogP contribution in [-0.2, 0) is 4.74 Å². The van der Waals surface area contributed by atoms with Crippen LogP contribution in [0.4, 0.5) is 0 Å². The maximum Gasteiger partial charge on any atom is 0.228 e. The molecule has 0 spiro atoms. The Morgan fingerprint density at radius 2 is 1.70 bits per heavy atom. The highest BCUT2D eigenvalue weighted by Crippen LogP contribution is 2.24. The lowest BCUT2D eigenvalue weighted by molar-refractivity contribution is -0.167. The van der Waals surface area contributed by atoms with E-state index in [2.05, 4.69) is 0 Å². The summed E-state index contributed by atoms with van der Waals surface area (Å²) >= 11 is 0. The van der Waals surface area contributed by atoms with E-state index in [0.717, 1.165) is 0 Å². The molecule has 0 saturated carbocycles. The largest absolute Gasteiger partial charge is 0.508 e. The van der Waals surface area contributed by atoms with Crippen LogP contribution in [0, 0.1) is 5.92 Å². The molecule has 2 rings (SSSR count). The quantitative estimate of drug-likeness (QED) is 0.474. The highest BCUT2D eigenvalue weighted by Gasteiger charge is 2.41. The topological polar surface area (TPSA) is 120 Å². The summed E-state index contributed by atoms with van der Waals surface area (Å²) in [4.78, 5) is 0. The molecule has 0 aliphatic carbocycles. The molecule has 1 heterocycles. The zero-order chi connectivity index (χ0) is 14.7. The fourth-order valence-corrected chi connectivity index (χ4v) is 1.98. The van der Waals surface area contributed by atoms with Gasteiger partial charge in [0.15, 0.2) is 0 Å². The Labute approximate surface area is 115 Å². The van der Waals surface area contributed by atoms with E-state index < -0.39 is 30.5 Å². The highest BCUT2D eigenvalue weighted by atomic mass is 16.7. The summed E-state index contributed by atoms with van der Waals surface area (Å²) < 4.78 is 10.7. The maximum absolute atomic E-state index is 9.93. The normalized spacial score (nSPS) is 34.5. The molecule has 0 bridgehead atoms. The first-order valence-corrected chi connectivity index (χ1v) is 6.25. The van der Waals surface area contributed by atoms with Gasteiger partial charge in [0.05, 0.1) is 19.3 Å². The average molecular weight is 286 g/mol. The van der Waals surface area contributed by atoms with Gasteiger partial charge in [-0.15, -0.1) is 0 Å². The second-order valence-corrected chi connectivity index (χ2v) is 4.73. The van der Waals surface area contributed by atoms with Crippen molar-refractivity contribution in [2.45, 2.75) is 24.6 Å². The summed E-state index contributed by atoms with van der Waals surface area (Å²) in [6, 6.07) is 5.76. The zero-order valence-electron chi connectivity index (χ0n) is 10.7. The summed E-state index contributed by atoms with van der Waals surface area (Å²) in [5.74, 6) is -0.306. The second-order valence-electron chi connectivity index (χ2n) is 4.73. The molecule has 7 heteroatoms. The predicted octanol–water partition coefficient (Wildman–Crippen LogP) is -1.18. The monoisotopic (exact) mass is 286 g/mol. The number of aliphatic hydroxyl groups is 4. The number of aliphatic hydroxyl groups excluding tert-OH is 4. The van der Waals surface area contributed by atoms with Crippen LogP contribution in [-0.4, -0.2) is 63.3 Å². The SMILES string of the molecule is OCC1COC(Oc2ccc(O)cc2)C(O)C(O)C1O. The number of rotatable bonds is 3. The molecule has 20 heavy (non-hydrogen) atoms. The molecular weight excluding hydrogens is 268 g/mol. The Morgan fingerprint density at radius 1 is 1.05 bits per heavy atom. The first-order valence-electron chi connectivity index (χ1n) is 6.25. The number of phenolic OH excluding ortho intramolecular Hbond substituents is 1. The standard InChI is InChI=1S/C13H18O7/c14-5-7-6-19-13(12(18)11(17)10(7)16)20-9-3-1-8(15)2-4-9/h1-4,7,10-18H,5-6H2. The molecule has 7 nitrogen and oxygen atoms in total. The van der Waals surface area contributed by atoms with Crippen molar-refractivity contribution >= 4 is 0 Å². The summed E-state index contributed by atoms with van der Waals surface area (Å²) in [5, 5.41) is 47.8. The molecule has 0 amide bonds. The van der Waals surface area contributed by atoms with E-state index in [1.807, 2.05) is 0 Å². The number of benzene rings is 1. The third-order valence-corrected chi connectivity index (χ3v) is 3.26. The fourth-order valence-electron chi connectivity index (χ4n) is 1.98. The van der Waals surface area contributed by atoms with E-state index in [1.165, 1.54) is 24.3 Å². The third-order valence-electron chi connectivity index (χ3n) is 3.26. The molecule has 1 saturated heterocycles. The smallest absolute Gasteiger partial charge is 0.228 e. The number of hydrogen-bond acceptors (Lipinski definition) is 7. The molecule has 5 atom stereocenters. The Balaban J connectivity index is 2.09. The van der Waals surface area contributed by atoms with Crippen molar-refractivity contribution < 1.29 is 35.0 Å². The fraction of sp³-hybridized carbons (Fsp3) is 0.538. The van der Waals surface area contributed by atoms with Crippen LogP contribution in [0.15, 0.2) is 24.3 Å². The van der Waals surface area contributed by atoms with Gasteiger partial charge in [0.2, 0.25) is 6.29 Å². The summed E-state index contributed by atoms with van der Waals surface area (Å²) in [5.41, 5.74) is 0. The van der Waals surface area contributed by atoms with Crippen LogP contribution in [0.25, 0.3) is 0 Å². The molecule has 1 aromatic rings. The number of ether oxygens (including phenoxy) is 2. The molecule has 1 aromatic carbocycles. The van der Waals surface area contributed by atoms with Gasteiger partial charge in [-0.05, 0) is 24.3 Å². The minimum Gasteiger partial charge on any atom is -0.508 e. The zero-order valence-corrected chi connectivity index (χ0v) is 10.7. The van der Waals surface area contributed by atoms with Crippen LogP contribution in [0.5, 0.6) is 11.5 Å². The lowest BCUT2D eigenvalue weighted by Crippen LogP contribution is -2.46. The number of hydrogen-bond donors (Lipinski definition) is 5. The van der Waals surface area contributed by atoms with Gasteiger partial charge in [-0.3, -0.25) is 0 Å². The van der Waals surface area contributed by atoms with Crippen molar-refractivity contribution in [2.75, 3.05) is 13.2 Å². The van der Waals surface area contributed by atoms with E-state index in [1.54, 1.807) is 0 Å². The van der Waals surface area contributed by atoms with Gasteiger partial charge < -0.3 is 35.0 Å². The van der Waals surface area contributed by atoms with Gasteiger partial charge in [0.25, 0.3) is 0 Å². The van der Waals surface area contributed by atoms with Crippen molar-refractivity contribution in [3.05, 3.63) is 24.3 Å². The summed E-state index contributed by atoms with van der Waals surface area (Å²) in [6.07, 6.45) is -5.43. The number of phenols is 1. The van der Waals surface area contributed by atoms with Gasteiger partial charge in [0, 0.05) is 5.92 Å². The summed E-state index contributed by atoms with van der Waals surface area (Å²) in [7, 11) is 0. The Hall–Kier alpha value is -1.38. The molecule has 0 aromatic heterocycles. The van der Waals surface area contributed by atoms with E-state index in [0.29, 0.717) is 5.75 Å². The molecule has 112 valence electrons. The van der Waals surface area contributed by atoms with Gasteiger partial charge in [0.1, 0.15) is 23.7 Å². The molecule has 1 aliphatic rings. The summed E-state index contributed by atoms with van der Waals surface area (Å²) in [6.45, 7) is -0.439. The Morgan fingerprint density at radius 3 is 2.30 bits per heavy atom. The molecule has 1 aliphatic heterocycles.